The van der Waals surface area contributed by atoms with E-state index in [-0.39, 0.29) is 0 Å². The van der Waals surface area contributed by atoms with Crippen LogP contribution in [0.4, 0.5) is 0 Å². The monoisotopic (exact) mass is 226 g/mol. The molecule has 96 valence electrons. The molecule has 1 aliphatic carbocycles. The van der Waals surface area contributed by atoms with Crippen molar-refractivity contribution in [3.05, 3.63) is 0 Å². The summed E-state index contributed by atoms with van der Waals surface area (Å²) in [5.41, 5.74) is 0.547. The lowest BCUT2D eigenvalue weighted by Crippen LogP contribution is -2.45. The van der Waals surface area contributed by atoms with Gasteiger partial charge in [-0.25, -0.2) is 0 Å². The molecule has 1 N–H and O–H groups in total. The van der Waals surface area contributed by atoms with Gasteiger partial charge in [-0.3, -0.25) is 0 Å². The topological polar surface area (TPSA) is 15.3 Å². The third-order valence-corrected chi connectivity index (χ3v) is 4.39. The fraction of sp³-hybridized carbons (Fsp3) is 1.00. The Kier molecular flexibility index (Phi) is 5.77. The van der Waals surface area contributed by atoms with Crippen LogP contribution in [0, 0.1) is 5.41 Å². The smallest absolute Gasteiger partial charge is 0.00614 e. The second-order valence-corrected chi connectivity index (χ2v) is 5.76. The van der Waals surface area contributed by atoms with Gasteiger partial charge in [-0.1, -0.05) is 26.2 Å². The van der Waals surface area contributed by atoms with Crippen LogP contribution in [-0.4, -0.2) is 38.1 Å². The van der Waals surface area contributed by atoms with Gasteiger partial charge in [-0.15, -0.1) is 0 Å². The van der Waals surface area contributed by atoms with Crippen molar-refractivity contribution in [3.63, 3.8) is 0 Å². The van der Waals surface area contributed by atoms with Crippen LogP contribution in [0.2, 0.25) is 0 Å². The molecule has 0 aromatic carbocycles. The molecule has 0 aromatic heterocycles. The molecular formula is C14H30N2. The van der Waals surface area contributed by atoms with Gasteiger partial charge in [0.05, 0.1) is 0 Å². The molecule has 1 rings (SSSR count). The molecule has 0 saturated heterocycles. The second-order valence-electron chi connectivity index (χ2n) is 5.76. The van der Waals surface area contributed by atoms with Gasteiger partial charge in [0.25, 0.3) is 0 Å². The van der Waals surface area contributed by atoms with Crippen molar-refractivity contribution in [2.45, 2.75) is 58.4 Å². The first kappa shape index (κ1) is 14.0. The third kappa shape index (κ3) is 3.74. The molecule has 2 heteroatoms. The highest BCUT2D eigenvalue weighted by molar-refractivity contribution is 4.87. The zero-order chi connectivity index (χ0) is 12.0. The Labute approximate surface area is 102 Å². The molecule has 0 amide bonds. The van der Waals surface area contributed by atoms with Gasteiger partial charge in [0.2, 0.25) is 0 Å². The van der Waals surface area contributed by atoms with Gasteiger partial charge >= 0.3 is 0 Å². The normalized spacial score (nSPS) is 22.3. The van der Waals surface area contributed by atoms with Crippen molar-refractivity contribution in [2.24, 2.45) is 5.41 Å². The van der Waals surface area contributed by atoms with E-state index in [0.717, 1.165) is 6.04 Å². The van der Waals surface area contributed by atoms with E-state index in [0.29, 0.717) is 5.41 Å². The zero-order valence-corrected chi connectivity index (χ0v) is 11.7. The molecule has 0 aliphatic heterocycles. The Hall–Kier alpha value is -0.0800. The highest BCUT2D eigenvalue weighted by atomic mass is 15.1. The van der Waals surface area contributed by atoms with Crippen molar-refractivity contribution in [1.29, 1.82) is 0 Å². The largest absolute Gasteiger partial charge is 0.319 e. The maximum atomic E-state index is 3.41. The standard InChI is InChI=1S/C14H30N2/c1-5-13(2)16(4)12-14(11-15-3)9-7-6-8-10-14/h13,15H,5-12H2,1-4H3. The van der Waals surface area contributed by atoms with Crippen molar-refractivity contribution in [2.75, 3.05) is 27.2 Å². The summed E-state index contributed by atoms with van der Waals surface area (Å²) in [7, 11) is 4.39. The van der Waals surface area contributed by atoms with Crippen molar-refractivity contribution >= 4 is 0 Å². The summed E-state index contributed by atoms with van der Waals surface area (Å²) < 4.78 is 0. The van der Waals surface area contributed by atoms with E-state index in [2.05, 4.69) is 38.2 Å². The van der Waals surface area contributed by atoms with Crippen LogP contribution in [0.3, 0.4) is 0 Å². The maximum absolute atomic E-state index is 3.41. The van der Waals surface area contributed by atoms with Crippen LogP contribution >= 0.6 is 0 Å². The lowest BCUT2D eigenvalue weighted by Gasteiger charge is -2.41. The first-order valence-corrected chi connectivity index (χ1v) is 6.98. The van der Waals surface area contributed by atoms with E-state index >= 15 is 0 Å². The summed E-state index contributed by atoms with van der Waals surface area (Å²) in [6.45, 7) is 7.08. The molecule has 0 aromatic rings. The van der Waals surface area contributed by atoms with Crippen molar-refractivity contribution < 1.29 is 0 Å². The van der Waals surface area contributed by atoms with Crippen LogP contribution < -0.4 is 5.32 Å². The van der Waals surface area contributed by atoms with Gasteiger partial charge in [0, 0.05) is 19.1 Å². The van der Waals surface area contributed by atoms with E-state index in [1.165, 1.54) is 51.6 Å². The molecule has 16 heavy (non-hydrogen) atoms. The summed E-state index contributed by atoms with van der Waals surface area (Å²) in [6, 6.07) is 0.718. The average Bonchev–Trinajstić information content (AvgIpc) is 2.29. The molecule has 0 heterocycles. The van der Waals surface area contributed by atoms with Gasteiger partial charge in [0.1, 0.15) is 0 Å². The predicted molar refractivity (Wildman–Crippen MR) is 71.8 cm³/mol. The minimum atomic E-state index is 0.547. The quantitative estimate of drug-likeness (QED) is 0.749. The maximum Gasteiger partial charge on any atom is 0.00614 e. The molecule has 1 fully saturated rings. The number of hydrogen-bond acceptors (Lipinski definition) is 2. The van der Waals surface area contributed by atoms with Gasteiger partial charge in [-0.05, 0) is 45.7 Å². The molecular weight excluding hydrogens is 196 g/mol. The van der Waals surface area contributed by atoms with E-state index in [1.54, 1.807) is 0 Å². The Morgan fingerprint density at radius 2 is 1.88 bits per heavy atom. The van der Waals surface area contributed by atoms with E-state index < -0.39 is 0 Å². The Balaban J connectivity index is 2.55. The van der Waals surface area contributed by atoms with Crippen molar-refractivity contribution in [1.82, 2.24) is 10.2 Å². The average molecular weight is 226 g/mol. The summed E-state index contributed by atoms with van der Waals surface area (Å²) in [5.74, 6) is 0. The minimum Gasteiger partial charge on any atom is -0.319 e. The van der Waals surface area contributed by atoms with Gasteiger partial charge < -0.3 is 10.2 Å². The first-order chi connectivity index (χ1) is 7.63. The molecule has 1 aliphatic rings. The molecule has 0 bridgehead atoms. The fourth-order valence-corrected chi connectivity index (χ4v) is 3.06. The molecule has 0 spiro atoms. The van der Waals surface area contributed by atoms with E-state index in [9.17, 15) is 0 Å². The summed E-state index contributed by atoms with van der Waals surface area (Å²) >= 11 is 0. The van der Waals surface area contributed by atoms with Gasteiger partial charge in [-0.2, -0.15) is 0 Å². The van der Waals surface area contributed by atoms with Crippen LogP contribution in [0.1, 0.15) is 52.4 Å². The third-order valence-electron chi connectivity index (χ3n) is 4.39. The summed E-state index contributed by atoms with van der Waals surface area (Å²) in [4.78, 5) is 2.56. The number of nitrogens with one attached hydrogen (secondary N) is 1. The highest BCUT2D eigenvalue weighted by Crippen LogP contribution is 2.36. The summed E-state index contributed by atoms with van der Waals surface area (Å²) in [6.07, 6.45) is 8.37. The lowest BCUT2D eigenvalue weighted by molar-refractivity contribution is 0.0978. The van der Waals surface area contributed by atoms with Crippen LogP contribution in [0.15, 0.2) is 0 Å². The van der Waals surface area contributed by atoms with E-state index in [4.69, 9.17) is 0 Å². The minimum absolute atomic E-state index is 0.547. The van der Waals surface area contributed by atoms with Crippen LogP contribution in [0.5, 0.6) is 0 Å². The number of rotatable bonds is 6. The molecule has 1 saturated carbocycles. The van der Waals surface area contributed by atoms with Crippen molar-refractivity contribution in [3.8, 4) is 0 Å². The predicted octanol–water partition coefficient (Wildman–Crippen LogP) is 2.89. The molecule has 2 nitrogen and oxygen atoms in total. The lowest BCUT2D eigenvalue weighted by atomic mass is 9.73. The number of nitrogens with zero attached hydrogens (tertiary/aromatic N) is 1. The zero-order valence-electron chi connectivity index (χ0n) is 11.7. The first-order valence-electron chi connectivity index (χ1n) is 6.98. The SMILES string of the molecule is CCC(C)N(C)CC1(CNC)CCCCC1. The second kappa shape index (κ2) is 6.61. The highest BCUT2D eigenvalue weighted by Gasteiger charge is 2.33. The molecule has 1 unspecified atom stereocenters. The molecule has 1 atom stereocenters. The van der Waals surface area contributed by atoms with Crippen LogP contribution in [-0.2, 0) is 0 Å². The molecule has 0 radical (unpaired) electrons. The number of hydrogen-bond donors (Lipinski definition) is 1. The van der Waals surface area contributed by atoms with Crippen LogP contribution in [0.25, 0.3) is 0 Å². The Bertz CT molecular complexity index is 180. The van der Waals surface area contributed by atoms with Gasteiger partial charge in [0.15, 0.2) is 0 Å². The Morgan fingerprint density at radius 3 is 2.38 bits per heavy atom. The summed E-state index contributed by atoms with van der Waals surface area (Å²) in [5, 5.41) is 3.41. The van der Waals surface area contributed by atoms with E-state index in [1.807, 2.05) is 0 Å². The Morgan fingerprint density at radius 1 is 1.25 bits per heavy atom. The fourth-order valence-electron chi connectivity index (χ4n) is 3.06.